The van der Waals surface area contributed by atoms with Crippen LogP contribution in [0.2, 0.25) is 0 Å². The number of hydrogen-bond donors (Lipinski definition) is 1. The highest BCUT2D eigenvalue weighted by molar-refractivity contribution is 5.60. The van der Waals surface area contributed by atoms with E-state index in [4.69, 9.17) is 0 Å². The molecule has 262 valence electrons. The maximum absolute atomic E-state index is 2.86. The molecule has 1 aliphatic heterocycles. The van der Waals surface area contributed by atoms with Crippen molar-refractivity contribution in [3.63, 3.8) is 0 Å². The molecule has 9 fully saturated rings. The van der Waals surface area contributed by atoms with Gasteiger partial charge in [-0.3, -0.25) is 4.90 Å². The summed E-state index contributed by atoms with van der Waals surface area (Å²) in [5.74, 6) is 5.74. The van der Waals surface area contributed by atoms with Crippen molar-refractivity contribution in [1.29, 1.82) is 0 Å². The summed E-state index contributed by atoms with van der Waals surface area (Å²) in [5.41, 5.74) is 12.9. The Kier molecular flexibility index (Phi) is 7.08. The molecular weight excluding hydrogens is 617 g/mol. The standard InChI is InChI=1S/C49H56N2/c1-32-13-15-42(48-25-34-17-35(26-48)19-36(18-34)27-48)23-44(32)50-31-51(47(41-11-7-4-8-12-41)46(50)40-9-5-3-6-10-40)45-24-43(16-14-33(45)2)49-28-37-20-38(29-49)22-39(21-37)30-49/h3-16,23-24,34-39,46-47H,17-22,25-31H2,1-2H3/p+1/t34?,35?,36?,37?,38?,39?,46-,47-,48?,49?/m1/s1. The van der Waals surface area contributed by atoms with Crippen molar-refractivity contribution in [3.05, 3.63) is 130 Å². The molecule has 1 N–H and O–H groups in total. The molecule has 0 spiro atoms. The number of rotatable bonds is 6. The average Bonchev–Trinajstić information content (AvgIpc) is 3.52. The summed E-state index contributed by atoms with van der Waals surface area (Å²) in [7, 11) is 0. The number of benzene rings is 4. The van der Waals surface area contributed by atoms with E-state index >= 15 is 0 Å². The summed E-state index contributed by atoms with van der Waals surface area (Å²) < 4.78 is 0. The normalized spacial score (nSPS) is 38.9. The van der Waals surface area contributed by atoms with Gasteiger partial charge in [-0.15, -0.1) is 0 Å². The van der Waals surface area contributed by atoms with Gasteiger partial charge in [0.15, 0.2) is 6.67 Å². The number of quaternary nitrogens is 1. The van der Waals surface area contributed by atoms with E-state index < -0.39 is 0 Å². The summed E-state index contributed by atoms with van der Waals surface area (Å²) in [6, 6.07) is 39.2. The van der Waals surface area contributed by atoms with Crippen LogP contribution in [-0.2, 0) is 10.8 Å². The second kappa shape index (κ2) is 11.6. The number of nitrogens with zero attached hydrogens (tertiary/aromatic N) is 1. The van der Waals surface area contributed by atoms with Crippen molar-refractivity contribution in [2.24, 2.45) is 35.5 Å². The van der Waals surface area contributed by atoms with Crippen LogP contribution in [0.5, 0.6) is 0 Å². The van der Waals surface area contributed by atoms with E-state index in [1.807, 2.05) is 0 Å². The van der Waals surface area contributed by atoms with Crippen molar-refractivity contribution in [2.45, 2.75) is 114 Å². The SMILES string of the molecule is Cc1ccc(C23CC4CC(CC(C4)C2)C3)cc1N1C[NH+](c2cc(C34CC5CC(CC(C5)C3)C4)ccc2C)[C@H](c2ccccc2)[C@H]1c1ccccc1. The first-order chi connectivity index (χ1) is 24.9. The number of anilines is 1. The second-order valence-corrected chi connectivity index (χ2v) is 19.3. The summed E-state index contributed by atoms with van der Waals surface area (Å²) in [5, 5.41) is 0. The van der Waals surface area contributed by atoms with Crippen LogP contribution in [0.1, 0.15) is 123 Å². The fourth-order valence-corrected chi connectivity index (χ4v) is 14.8. The maximum Gasteiger partial charge on any atom is 0.158 e. The van der Waals surface area contributed by atoms with E-state index in [9.17, 15) is 0 Å². The van der Waals surface area contributed by atoms with Crippen molar-refractivity contribution in [1.82, 2.24) is 0 Å². The van der Waals surface area contributed by atoms with Gasteiger partial charge >= 0.3 is 0 Å². The Morgan fingerprint density at radius 1 is 0.510 bits per heavy atom. The lowest BCUT2D eigenvalue weighted by Crippen LogP contribution is -3.06. The smallest absolute Gasteiger partial charge is 0.158 e. The van der Waals surface area contributed by atoms with Crippen LogP contribution < -0.4 is 9.80 Å². The van der Waals surface area contributed by atoms with Crippen molar-refractivity contribution in [2.75, 3.05) is 11.6 Å². The molecule has 8 saturated carbocycles. The zero-order valence-electron chi connectivity index (χ0n) is 31.0. The Morgan fingerprint density at radius 3 is 1.47 bits per heavy atom. The largest absolute Gasteiger partial charge is 0.311 e. The minimum Gasteiger partial charge on any atom is -0.311 e. The summed E-state index contributed by atoms with van der Waals surface area (Å²) in [6.07, 6.45) is 17.5. The molecule has 1 heterocycles. The first-order valence-electron chi connectivity index (χ1n) is 20.9. The number of hydrogen-bond acceptors (Lipinski definition) is 1. The summed E-state index contributed by atoms with van der Waals surface area (Å²) in [6.45, 7) is 5.76. The van der Waals surface area contributed by atoms with Crippen LogP contribution in [0, 0.1) is 49.4 Å². The van der Waals surface area contributed by atoms with Gasteiger partial charge < -0.3 is 4.90 Å². The van der Waals surface area contributed by atoms with Crippen molar-refractivity contribution >= 4 is 11.4 Å². The van der Waals surface area contributed by atoms with Gasteiger partial charge in [0.1, 0.15) is 17.8 Å². The minimum absolute atomic E-state index is 0.247. The molecule has 2 heteroatoms. The number of nitrogens with one attached hydrogen (secondary N) is 1. The molecule has 8 bridgehead atoms. The number of aryl methyl sites for hydroxylation is 2. The van der Waals surface area contributed by atoms with Gasteiger partial charge in [-0.25, -0.2) is 0 Å². The lowest BCUT2D eigenvalue weighted by Gasteiger charge is -2.57. The minimum atomic E-state index is 0.247. The lowest BCUT2D eigenvalue weighted by atomic mass is 9.48. The highest BCUT2D eigenvalue weighted by atomic mass is 15.4. The molecular formula is C49H57N2+. The predicted octanol–water partition coefficient (Wildman–Crippen LogP) is 10.7. The quantitative estimate of drug-likeness (QED) is 0.214. The third-order valence-electron chi connectivity index (χ3n) is 16.1. The third-order valence-corrected chi connectivity index (χ3v) is 16.1. The van der Waals surface area contributed by atoms with Crippen LogP contribution in [-0.4, -0.2) is 6.67 Å². The molecule has 0 amide bonds. The first kappa shape index (κ1) is 31.2. The topological polar surface area (TPSA) is 7.68 Å². The third kappa shape index (κ3) is 4.98. The summed E-state index contributed by atoms with van der Waals surface area (Å²) in [4.78, 5) is 4.48. The molecule has 4 aromatic carbocycles. The zero-order chi connectivity index (χ0) is 33.9. The molecule has 8 aliphatic carbocycles. The van der Waals surface area contributed by atoms with E-state index in [2.05, 4.69) is 116 Å². The molecule has 1 saturated heterocycles. The van der Waals surface area contributed by atoms with Gasteiger partial charge in [-0.2, -0.15) is 0 Å². The van der Waals surface area contributed by atoms with Crippen LogP contribution in [0.15, 0.2) is 97.1 Å². The van der Waals surface area contributed by atoms with Crippen molar-refractivity contribution < 1.29 is 4.90 Å². The van der Waals surface area contributed by atoms with Gasteiger partial charge in [-0.1, -0.05) is 84.9 Å². The molecule has 0 aromatic heterocycles. The van der Waals surface area contributed by atoms with Crippen molar-refractivity contribution in [3.8, 4) is 0 Å². The Bertz CT molecular complexity index is 1730. The molecule has 13 rings (SSSR count). The van der Waals surface area contributed by atoms with Gasteiger partial charge in [0.2, 0.25) is 0 Å². The first-order valence-corrected chi connectivity index (χ1v) is 20.9. The highest BCUT2D eigenvalue weighted by Gasteiger charge is 2.54. The summed E-state index contributed by atoms with van der Waals surface area (Å²) >= 11 is 0. The van der Waals surface area contributed by atoms with Gasteiger partial charge in [0.05, 0.1) is 0 Å². The fourth-order valence-electron chi connectivity index (χ4n) is 14.8. The average molecular weight is 674 g/mol. The van der Waals surface area contributed by atoms with Gasteiger partial charge in [0.25, 0.3) is 0 Å². The molecule has 3 atom stereocenters. The van der Waals surface area contributed by atoms with Crippen LogP contribution >= 0.6 is 0 Å². The van der Waals surface area contributed by atoms with E-state index in [-0.39, 0.29) is 6.04 Å². The zero-order valence-corrected chi connectivity index (χ0v) is 31.0. The predicted molar refractivity (Wildman–Crippen MR) is 208 cm³/mol. The molecule has 2 nitrogen and oxygen atoms in total. The molecule has 51 heavy (non-hydrogen) atoms. The Morgan fingerprint density at radius 2 is 0.961 bits per heavy atom. The van der Waals surface area contributed by atoms with Gasteiger partial charge in [-0.05, 0) is 166 Å². The second-order valence-electron chi connectivity index (χ2n) is 19.3. The van der Waals surface area contributed by atoms with E-state index in [1.54, 1.807) is 16.0 Å². The van der Waals surface area contributed by atoms with E-state index in [1.165, 1.54) is 111 Å². The van der Waals surface area contributed by atoms with Crippen LogP contribution in [0.3, 0.4) is 0 Å². The maximum atomic E-state index is 2.86. The molecule has 9 aliphatic rings. The Balaban J connectivity index is 1.05. The Hall–Kier alpha value is -3.36. The highest BCUT2D eigenvalue weighted by Crippen LogP contribution is 2.62. The Labute approximate surface area is 306 Å². The van der Waals surface area contributed by atoms with Gasteiger partial charge in [0, 0.05) is 22.9 Å². The fraction of sp³-hybridized carbons (Fsp3) is 0.510. The van der Waals surface area contributed by atoms with E-state index in [0.717, 1.165) is 42.2 Å². The van der Waals surface area contributed by atoms with Crippen LogP contribution in [0.25, 0.3) is 0 Å². The molecule has 4 aromatic rings. The van der Waals surface area contributed by atoms with Crippen LogP contribution in [0.4, 0.5) is 11.4 Å². The molecule has 1 unspecified atom stereocenters. The monoisotopic (exact) mass is 673 g/mol. The van der Waals surface area contributed by atoms with E-state index in [0.29, 0.717) is 16.9 Å². The molecule has 0 radical (unpaired) electrons. The lowest BCUT2D eigenvalue weighted by molar-refractivity contribution is -0.853.